The van der Waals surface area contributed by atoms with E-state index in [1.807, 2.05) is 6.08 Å². The number of benzene rings is 3. The molecular weight excluding hydrogens is 576 g/mol. The summed E-state index contributed by atoms with van der Waals surface area (Å²) in [6.07, 6.45) is 2.26. The first kappa shape index (κ1) is 28.5. The number of imide groups is 2. The lowest BCUT2D eigenvalue weighted by molar-refractivity contribution is -0.131. The first-order valence-corrected chi connectivity index (χ1v) is 14.8. The van der Waals surface area contributed by atoms with Gasteiger partial charge in [0.05, 0.1) is 47.2 Å². The average Bonchev–Trinajstić information content (AvgIpc) is 3.41. The Hall–Kier alpha value is -5.25. The highest BCUT2D eigenvalue weighted by molar-refractivity contribution is 6.25. The molecule has 4 aliphatic rings. The van der Waals surface area contributed by atoms with Gasteiger partial charge >= 0.3 is 5.97 Å². The van der Waals surface area contributed by atoms with Crippen molar-refractivity contribution in [3.8, 4) is 11.5 Å². The summed E-state index contributed by atoms with van der Waals surface area (Å²) in [5.41, 5.74) is 0.355. The van der Waals surface area contributed by atoms with E-state index in [4.69, 9.17) is 4.74 Å². The Morgan fingerprint density at radius 3 is 2.31 bits per heavy atom. The van der Waals surface area contributed by atoms with E-state index in [1.54, 1.807) is 49.4 Å². The number of phenolic OH excluding ortho intramolecular Hbond substituents is 1. The minimum atomic E-state index is -1.31. The van der Waals surface area contributed by atoms with Crippen LogP contribution in [0.5, 0.6) is 11.5 Å². The fourth-order valence-electron chi connectivity index (χ4n) is 8.11. The van der Waals surface area contributed by atoms with Crippen LogP contribution in [0, 0.1) is 29.1 Å². The van der Waals surface area contributed by atoms with E-state index in [9.17, 15) is 34.2 Å². The van der Waals surface area contributed by atoms with Crippen LogP contribution in [0.2, 0.25) is 0 Å². The lowest BCUT2D eigenvalue weighted by Crippen LogP contribution is -2.48. The molecule has 0 spiro atoms. The number of aromatic hydroxyl groups is 1. The lowest BCUT2D eigenvalue weighted by Gasteiger charge is -2.49. The van der Waals surface area contributed by atoms with Crippen LogP contribution in [0.15, 0.2) is 84.4 Å². The summed E-state index contributed by atoms with van der Waals surface area (Å²) >= 11 is 0. The standard InChI is InChI=1S/C35H30N2O8/c1-35-26(31(40)37(34(35)44)19-8-4-3-5-9-19)17-24-22(29(35)25-16-21(45-2)11-14-27(25)38)12-13-23-28(24)32(41)36(30(23)39)20-10-6-7-18(15-20)33(42)43/h3-12,14-16,23-24,26,28-29,38H,13,17H2,1-2H3,(H,42,43)/t23-,24+,26-,28-,29+,35+/m0/s1. The molecule has 2 aliphatic heterocycles. The van der Waals surface area contributed by atoms with Crippen LogP contribution in [0.4, 0.5) is 11.4 Å². The number of carboxylic acid groups (broad SMARTS) is 1. The van der Waals surface area contributed by atoms with Gasteiger partial charge in [0.2, 0.25) is 23.6 Å². The smallest absolute Gasteiger partial charge is 0.335 e. The average molecular weight is 607 g/mol. The summed E-state index contributed by atoms with van der Waals surface area (Å²) in [5, 5.41) is 20.7. The first-order chi connectivity index (χ1) is 21.6. The van der Waals surface area contributed by atoms with Gasteiger partial charge in [0.15, 0.2) is 0 Å². The molecule has 3 aromatic rings. The molecule has 2 N–H and O–H groups in total. The number of amides is 4. The predicted molar refractivity (Wildman–Crippen MR) is 162 cm³/mol. The molecule has 2 heterocycles. The highest BCUT2D eigenvalue weighted by atomic mass is 16.5. The highest BCUT2D eigenvalue weighted by Gasteiger charge is 2.68. The van der Waals surface area contributed by atoms with Crippen LogP contribution in [0.25, 0.3) is 0 Å². The molecule has 4 amide bonds. The van der Waals surface area contributed by atoms with Crippen LogP contribution < -0.4 is 14.5 Å². The number of aromatic carboxylic acids is 1. The van der Waals surface area contributed by atoms with Crippen molar-refractivity contribution in [1.29, 1.82) is 0 Å². The molecule has 3 aromatic carbocycles. The first-order valence-electron chi connectivity index (χ1n) is 14.8. The fraction of sp³-hybridized carbons (Fsp3) is 0.286. The summed E-state index contributed by atoms with van der Waals surface area (Å²) < 4.78 is 5.47. The van der Waals surface area contributed by atoms with Gasteiger partial charge in [-0.05, 0) is 74.2 Å². The summed E-state index contributed by atoms with van der Waals surface area (Å²) in [6, 6.07) is 19.1. The van der Waals surface area contributed by atoms with Crippen molar-refractivity contribution < 1.29 is 38.9 Å². The lowest BCUT2D eigenvalue weighted by atomic mass is 9.51. The molecule has 2 saturated heterocycles. The molecule has 0 unspecified atom stereocenters. The maximum atomic E-state index is 14.5. The molecule has 0 radical (unpaired) electrons. The third-order valence-electron chi connectivity index (χ3n) is 10.2. The normalized spacial score (nSPS) is 28.8. The number of phenols is 1. The second kappa shape index (κ2) is 10.2. The molecule has 1 saturated carbocycles. The van der Waals surface area contributed by atoms with Crippen LogP contribution in [0.1, 0.15) is 41.6 Å². The molecule has 228 valence electrons. The number of rotatable bonds is 5. The minimum absolute atomic E-state index is 0.0557. The zero-order chi connectivity index (χ0) is 31.8. The Morgan fingerprint density at radius 1 is 0.867 bits per heavy atom. The number of methoxy groups -OCH3 is 1. The number of para-hydroxylation sites is 1. The number of ether oxygens (including phenoxy) is 1. The summed E-state index contributed by atoms with van der Waals surface area (Å²) in [4.78, 5) is 70.6. The molecule has 0 bridgehead atoms. The zero-order valence-electron chi connectivity index (χ0n) is 24.5. The van der Waals surface area contributed by atoms with Gasteiger partial charge in [-0.25, -0.2) is 9.69 Å². The Kier molecular flexibility index (Phi) is 6.43. The second-order valence-electron chi connectivity index (χ2n) is 12.3. The number of hydrogen-bond donors (Lipinski definition) is 2. The number of carbonyl (C=O) groups excluding carboxylic acids is 4. The highest BCUT2D eigenvalue weighted by Crippen LogP contribution is 2.64. The van der Waals surface area contributed by atoms with Crippen LogP contribution in [-0.2, 0) is 19.2 Å². The maximum absolute atomic E-state index is 14.5. The van der Waals surface area contributed by atoms with Crippen molar-refractivity contribution >= 4 is 41.0 Å². The summed E-state index contributed by atoms with van der Waals surface area (Å²) in [7, 11) is 1.49. The maximum Gasteiger partial charge on any atom is 0.335 e. The van der Waals surface area contributed by atoms with Crippen molar-refractivity contribution in [3.05, 3.63) is 95.6 Å². The van der Waals surface area contributed by atoms with Crippen LogP contribution in [0.3, 0.4) is 0 Å². The Labute approximate surface area is 258 Å². The van der Waals surface area contributed by atoms with Gasteiger partial charge in [0.1, 0.15) is 11.5 Å². The molecule has 10 nitrogen and oxygen atoms in total. The van der Waals surface area contributed by atoms with E-state index >= 15 is 0 Å². The third-order valence-corrected chi connectivity index (χ3v) is 10.2. The Balaban J connectivity index is 1.37. The Morgan fingerprint density at radius 2 is 1.60 bits per heavy atom. The molecule has 0 aromatic heterocycles. The topological polar surface area (TPSA) is 142 Å². The van der Waals surface area contributed by atoms with E-state index in [0.717, 1.165) is 10.5 Å². The number of hydrogen-bond acceptors (Lipinski definition) is 7. The van der Waals surface area contributed by atoms with Crippen molar-refractivity contribution in [3.63, 3.8) is 0 Å². The van der Waals surface area contributed by atoms with Crippen molar-refractivity contribution in [2.75, 3.05) is 16.9 Å². The van der Waals surface area contributed by atoms with Gasteiger partial charge in [-0.15, -0.1) is 0 Å². The number of carbonyl (C=O) groups is 5. The number of anilines is 2. The van der Waals surface area contributed by atoms with E-state index in [0.29, 0.717) is 17.0 Å². The van der Waals surface area contributed by atoms with E-state index in [-0.39, 0.29) is 29.8 Å². The van der Waals surface area contributed by atoms with Gasteiger partial charge in [-0.1, -0.05) is 35.9 Å². The molecule has 2 aliphatic carbocycles. The van der Waals surface area contributed by atoms with Gasteiger partial charge in [-0.3, -0.25) is 24.1 Å². The van der Waals surface area contributed by atoms with E-state index < -0.39 is 64.6 Å². The molecule has 45 heavy (non-hydrogen) atoms. The largest absolute Gasteiger partial charge is 0.508 e. The van der Waals surface area contributed by atoms with Gasteiger partial charge in [0, 0.05) is 11.5 Å². The number of carboxylic acids is 1. The van der Waals surface area contributed by atoms with Crippen molar-refractivity contribution in [2.45, 2.75) is 25.7 Å². The van der Waals surface area contributed by atoms with Crippen LogP contribution >= 0.6 is 0 Å². The quantitative estimate of drug-likeness (QED) is 0.319. The SMILES string of the molecule is COc1ccc(O)c([C@H]2C3=CC[C@@H]4C(=O)N(c5cccc(C(=O)O)c5)C(=O)[C@@H]4[C@@H]3C[C@H]3C(=O)N(c4ccccc4)C(=O)[C@@]23C)c1. The molecular formula is C35H30N2O8. The van der Waals surface area contributed by atoms with Crippen LogP contribution in [-0.4, -0.2) is 46.9 Å². The monoisotopic (exact) mass is 606 g/mol. The summed E-state index contributed by atoms with van der Waals surface area (Å²) in [6.45, 7) is 1.75. The van der Waals surface area contributed by atoms with Gasteiger partial charge in [0.25, 0.3) is 0 Å². The minimum Gasteiger partial charge on any atom is -0.508 e. The fourth-order valence-corrected chi connectivity index (χ4v) is 8.11. The van der Waals surface area contributed by atoms with E-state index in [1.165, 1.54) is 42.3 Å². The second-order valence-corrected chi connectivity index (χ2v) is 12.3. The van der Waals surface area contributed by atoms with Gasteiger partial charge in [-0.2, -0.15) is 0 Å². The predicted octanol–water partition coefficient (Wildman–Crippen LogP) is 4.53. The zero-order valence-corrected chi connectivity index (χ0v) is 24.5. The molecule has 6 atom stereocenters. The van der Waals surface area contributed by atoms with Gasteiger partial charge < -0.3 is 14.9 Å². The Bertz CT molecular complexity index is 1830. The van der Waals surface area contributed by atoms with Crippen molar-refractivity contribution in [2.24, 2.45) is 29.1 Å². The number of allylic oxidation sites excluding steroid dienone is 2. The molecule has 3 fully saturated rings. The van der Waals surface area contributed by atoms with E-state index in [2.05, 4.69) is 0 Å². The summed E-state index contributed by atoms with van der Waals surface area (Å²) in [5.74, 6) is -6.32. The third kappa shape index (κ3) is 3.97. The number of fused-ring (bicyclic) bond motifs is 4. The van der Waals surface area contributed by atoms with Crippen molar-refractivity contribution in [1.82, 2.24) is 0 Å². The molecule has 10 heteroatoms. The molecule has 7 rings (SSSR count). The number of nitrogens with zero attached hydrogens (tertiary/aromatic N) is 2.